The minimum atomic E-state index is -1.80. The number of aryl methyl sites for hydroxylation is 1. The van der Waals surface area contributed by atoms with Gasteiger partial charge in [0.25, 0.3) is 5.91 Å². The molecule has 4 N–H and O–H groups in total. The zero-order chi connectivity index (χ0) is 26.6. The summed E-state index contributed by atoms with van der Waals surface area (Å²) in [5.74, 6) is -2.55. The van der Waals surface area contributed by atoms with Gasteiger partial charge in [0.1, 0.15) is 11.7 Å². The number of benzene rings is 1. The van der Waals surface area contributed by atoms with Gasteiger partial charge in [0.2, 0.25) is 11.8 Å². The number of likely N-dealkylation sites (N-methyl/N-ethyl adjacent to an activating group) is 1. The third kappa shape index (κ3) is 8.92. The van der Waals surface area contributed by atoms with Crippen LogP contribution in [-0.4, -0.2) is 99.4 Å². The molecule has 198 valence electrons. The zero-order valence-corrected chi connectivity index (χ0v) is 21.1. The minimum absolute atomic E-state index is 0.00548. The van der Waals surface area contributed by atoms with Crippen LogP contribution in [0.2, 0.25) is 0 Å². The summed E-state index contributed by atoms with van der Waals surface area (Å²) in [5.41, 5.74) is 1.11. The molecule has 2 heterocycles. The lowest BCUT2D eigenvalue weighted by atomic mass is 9.76. The van der Waals surface area contributed by atoms with Gasteiger partial charge in [-0.1, -0.05) is 37.3 Å². The van der Waals surface area contributed by atoms with Gasteiger partial charge in [-0.15, -0.1) is 0 Å². The first-order chi connectivity index (χ1) is 17.9. The number of carbonyl (C=O) groups excluding carboxylic acids is 3. The number of amides is 3. The van der Waals surface area contributed by atoms with Gasteiger partial charge in [-0.25, -0.2) is 4.98 Å². The van der Waals surface area contributed by atoms with Crippen molar-refractivity contribution in [2.45, 2.75) is 44.6 Å². The number of hydrogen-bond acceptors (Lipinski definition) is 8. The Morgan fingerprint density at radius 1 is 1.05 bits per heavy atom. The predicted octanol–water partition coefficient (Wildman–Crippen LogP) is -0.351. The van der Waals surface area contributed by atoms with Crippen LogP contribution in [0.25, 0.3) is 0 Å². The van der Waals surface area contributed by atoms with E-state index in [1.165, 1.54) is 18.6 Å². The van der Waals surface area contributed by atoms with E-state index in [4.69, 9.17) is 0 Å². The van der Waals surface area contributed by atoms with Gasteiger partial charge < -0.3 is 30.5 Å². The van der Waals surface area contributed by atoms with Gasteiger partial charge in [0, 0.05) is 38.6 Å². The van der Waals surface area contributed by atoms with E-state index in [0.717, 1.165) is 25.2 Å². The molecule has 1 aliphatic heterocycles. The molecule has 1 aliphatic rings. The Kier molecular flexibility index (Phi) is 11.0. The quantitative estimate of drug-likeness (QED) is 0.283. The van der Waals surface area contributed by atoms with Gasteiger partial charge in [-0.3, -0.25) is 19.4 Å². The maximum Gasteiger partial charge on any atom is 0.475 e. The molecule has 3 rings (SSSR count). The molecule has 3 amide bonds. The van der Waals surface area contributed by atoms with Crippen molar-refractivity contribution < 1.29 is 24.4 Å². The lowest BCUT2D eigenvalue weighted by molar-refractivity contribution is -0.136. The molecule has 0 aliphatic carbocycles. The first kappa shape index (κ1) is 28.2. The Balaban J connectivity index is 1.65. The molecule has 0 saturated carbocycles. The second-order valence-electron chi connectivity index (χ2n) is 9.04. The smallest absolute Gasteiger partial charge is 0.426 e. The molecule has 0 spiro atoms. The fraction of sp³-hybridized carbons (Fsp3) is 0.480. The Labute approximate surface area is 217 Å². The van der Waals surface area contributed by atoms with Crippen LogP contribution in [0.4, 0.5) is 0 Å². The SMILES string of the molecule is CCN1CCN(C(=O)CC(NC(=O)c2cnccn2)C(=O)N[C@@H](CCCc2ccccc2)B(O)O)CC1. The normalized spacial score (nSPS) is 15.5. The number of rotatable bonds is 12. The molecule has 1 unspecified atom stereocenters. The molecule has 1 fully saturated rings. The number of nitrogens with zero attached hydrogens (tertiary/aromatic N) is 4. The molecule has 2 aromatic rings. The van der Waals surface area contributed by atoms with Crippen molar-refractivity contribution in [3.63, 3.8) is 0 Å². The lowest BCUT2D eigenvalue weighted by Crippen LogP contribution is -2.56. The molecule has 11 nitrogen and oxygen atoms in total. The van der Waals surface area contributed by atoms with E-state index in [-0.39, 0.29) is 18.0 Å². The highest BCUT2D eigenvalue weighted by atomic mass is 16.4. The van der Waals surface area contributed by atoms with Crippen molar-refractivity contribution in [3.05, 3.63) is 60.2 Å². The summed E-state index contributed by atoms with van der Waals surface area (Å²) in [6.45, 7) is 5.52. The van der Waals surface area contributed by atoms with Gasteiger partial charge in [-0.05, 0) is 31.4 Å². The highest BCUT2D eigenvalue weighted by molar-refractivity contribution is 6.43. The summed E-state index contributed by atoms with van der Waals surface area (Å²) in [6.07, 6.45) is 5.38. The maximum absolute atomic E-state index is 13.2. The first-order valence-corrected chi connectivity index (χ1v) is 12.6. The van der Waals surface area contributed by atoms with Crippen LogP contribution in [-0.2, 0) is 16.0 Å². The molecule has 0 radical (unpaired) electrons. The van der Waals surface area contributed by atoms with Crippen LogP contribution in [0.3, 0.4) is 0 Å². The van der Waals surface area contributed by atoms with Crippen molar-refractivity contribution in [3.8, 4) is 0 Å². The molecular weight excluding hydrogens is 475 g/mol. The van der Waals surface area contributed by atoms with Crippen molar-refractivity contribution in [1.29, 1.82) is 0 Å². The highest BCUT2D eigenvalue weighted by Crippen LogP contribution is 2.10. The standard InChI is InChI=1S/C25H35BN6O5/c1-2-31-13-15-32(16-14-31)23(33)17-20(29-25(35)21-18-27-11-12-28-21)24(34)30-22(26(36)37)10-6-9-19-7-4-3-5-8-19/h3-5,7-8,11-12,18,20,22,36-37H,2,6,9-10,13-17H2,1H3,(H,29,35)(H,30,34)/t20?,22-/m0/s1. The Morgan fingerprint density at radius 2 is 1.78 bits per heavy atom. The summed E-state index contributed by atoms with van der Waals surface area (Å²) in [6, 6.07) is 8.52. The second-order valence-corrected chi connectivity index (χ2v) is 9.04. The van der Waals surface area contributed by atoms with E-state index in [1.54, 1.807) is 4.90 Å². The van der Waals surface area contributed by atoms with Crippen LogP contribution >= 0.6 is 0 Å². The van der Waals surface area contributed by atoms with Gasteiger partial charge >= 0.3 is 7.12 Å². The van der Waals surface area contributed by atoms with E-state index >= 15 is 0 Å². The second kappa shape index (κ2) is 14.4. The number of aromatic nitrogens is 2. The maximum atomic E-state index is 13.2. The monoisotopic (exact) mass is 510 g/mol. The fourth-order valence-corrected chi connectivity index (χ4v) is 4.22. The van der Waals surface area contributed by atoms with Crippen molar-refractivity contribution in [1.82, 2.24) is 30.4 Å². The number of piperazine rings is 1. The van der Waals surface area contributed by atoms with Crippen LogP contribution in [0.1, 0.15) is 42.2 Å². The van der Waals surface area contributed by atoms with Crippen LogP contribution in [0.15, 0.2) is 48.9 Å². The average molecular weight is 510 g/mol. The molecule has 1 saturated heterocycles. The van der Waals surface area contributed by atoms with Crippen molar-refractivity contribution in [2.75, 3.05) is 32.7 Å². The summed E-state index contributed by atoms with van der Waals surface area (Å²) < 4.78 is 0. The summed E-state index contributed by atoms with van der Waals surface area (Å²) in [4.78, 5) is 50.7. The first-order valence-electron chi connectivity index (χ1n) is 12.6. The van der Waals surface area contributed by atoms with Gasteiger partial charge in [-0.2, -0.15) is 0 Å². The minimum Gasteiger partial charge on any atom is -0.426 e. The number of carbonyl (C=O) groups is 3. The van der Waals surface area contributed by atoms with Crippen LogP contribution in [0.5, 0.6) is 0 Å². The van der Waals surface area contributed by atoms with Gasteiger partial charge in [0.15, 0.2) is 0 Å². The highest BCUT2D eigenvalue weighted by Gasteiger charge is 2.32. The van der Waals surface area contributed by atoms with Crippen LogP contribution in [0, 0.1) is 0 Å². The number of hydrogen-bond donors (Lipinski definition) is 4. The van der Waals surface area contributed by atoms with Crippen molar-refractivity contribution >= 4 is 24.8 Å². The average Bonchev–Trinajstić information content (AvgIpc) is 2.93. The molecule has 1 aromatic heterocycles. The number of nitrogens with one attached hydrogen (secondary N) is 2. The molecule has 0 bridgehead atoms. The topological polar surface area (TPSA) is 148 Å². The van der Waals surface area contributed by atoms with E-state index in [1.807, 2.05) is 30.3 Å². The zero-order valence-electron chi connectivity index (χ0n) is 21.1. The molecule has 1 aromatic carbocycles. The van der Waals surface area contributed by atoms with E-state index in [2.05, 4.69) is 32.4 Å². The Bertz CT molecular complexity index is 1010. The summed E-state index contributed by atoms with van der Waals surface area (Å²) >= 11 is 0. The summed E-state index contributed by atoms with van der Waals surface area (Å²) in [7, 11) is -1.80. The Hall–Kier alpha value is -3.35. The molecular formula is C25H35BN6O5. The molecule has 2 atom stereocenters. The van der Waals surface area contributed by atoms with E-state index in [0.29, 0.717) is 32.4 Å². The van der Waals surface area contributed by atoms with Gasteiger partial charge in [0.05, 0.1) is 18.6 Å². The Morgan fingerprint density at radius 3 is 2.41 bits per heavy atom. The third-order valence-electron chi connectivity index (χ3n) is 6.48. The van der Waals surface area contributed by atoms with E-state index in [9.17, 15) is 24.4 Å². The molecule has 12 heteroatoms. The lowest BCUT2D eigenvalue weighted by Gasteiger charge is -2.34. The third-order valence-corrected chi connectivity index (χ3v) is 6.48. The van der Waals surface area contributed by atoms with E-state index < -0.39 is 30.9 Å². The largest absolute Gasteiger partial charge is 0.475 e. The van der Waals surface area contributed by atoms with Crippen molar-refractivity contribution in [2.24, 2.45) is 0 Å². The summed E-state index contributed by atoms with van der Waals surface area (Å²) in [5, 5.41) is 25.0. The molecule has 37 heavy (non-hydrogen) atoms. The van der Waals surface area contributed by atoms with Crippen LogP contribution < -0.4 is 10.6 Å². The fourth-order valence-electron chi connectivity index (χ4n) is 4.22. The predicted molar refractivity (Wildman–Crippen MR) is 138 cm³/mol.